The second kappa shape index (κ2) is 6.93. The van der Waals surface area contributed by atoms with Crippen molar-refractivity contribution in [2.24, 2.45) is 0 Å². The molecule has 0 amide bonds. The van der Waals surface area contributed by atoms with E-state index in [1.54, 1.807) is 19.2 Å². The largest absolute Gasteiger partial charge is 0.496 e. The predicted octanol–water partition coefficient (Wildman–Crippen LogP) is 4.43. The first-order valence-corrected chi connectivity index (χ1v) is 6.83. The Balaban J connectivity index is 2.01. The lowest BCUT2D eigenvalue weighted by Gasteiger charge is -2.11. The molecular weight excluding hydrogens is 300 g/mol. The third kappa shape index (κ3) is 3.63. The molecule has 106 valence electrons. The zero-order valence-corrected chi connectivity index (χ0v) is 12.4. The maximum atomic E-state index is 13.3. The molecule has 0 saturated carbocycles. The topological polar surface area (TPSA) is 21.3 Å². The molecule has 0 heterocycles. The molecule has 2 nitrogen and oxygen atoms in total. The standard InChI is InChI=1S/C15H14Cl2FNO/c1-20-15-4-2-3-12(16)11(15)9-19-8-10-5-6-13(17)14(18)7-10/h2-7,19H,8-9H2,1H3. The Kier molecular flexibility index (Phi) is 5.24. The molecule has 20 heavy (non-hydrogen) atoms. The lowest BCUT2D eigenvalue weighted by molar-refractivity contribution is 0.407. The fraction of sp³-hybridized carbons (Fsp3) is 0.200. The summed E-state index contributed by atoms with van der Waals surface area (Å²) in [5.41, 5.74) is 1.70. The van der Waals surface area contributed by atoms with Crippen molar-refractivity contribution >= 4 is 23.2 Å². The van der Waals surface area contributed by atoms with Crippen LogP contribution in [0.1, 0.15) is 11.1 Å². The minimum Gasteiger partial charge on any atom is -0.496 e. The molecule has 0 saturated heterocycles. The summed E-state index contributed by atoms with van der Waals surface area (Å²) in [5, 5.41) is 3.97. The van der Waals surface area contributed by atoms with Crippen molar-refractivity contribution in [2.75, 3.05) is 7.11 Å². The van der Waals surface area contributed by atoms with E-state index in [-0.39, 0.29) is 5.02 Å². The molecule has 2 aromatic carbocycles. The molecule has 1 N–H and O–H groups in total. The lowest BCUT2D eigenvalue weighted by atomic mass is 10.2. The predicted molar refractivity (Wildman–Crippen MR) is 80.0 cm³/mol. The average molecular weight is 314 g/mol. The van der Waals surface area contributed by atoms with E-state index in [0.717, 1.165) is 16.9 Å². The third-order valence-corrected chi connectivity index (χ3v) is 3.57. The zero-order chi connectivity index (χ0) is 14.5. The SMILES string of the molecule is COc1cccc(Cl)c1CNCc1ccc(Cl)c(F)c1. The van der Waals surface area contributed by atoms with E-state index in [1.165, 1.54) is 6.07 Å². The second-order valence-electron chi connectivity index (χ2n) is 4.27. The Morgan fingerprint density at radius 2 is 1.90 bits per heavy atom. The molecule has 0 aliphatic carbocycles. The van der Waals surface area contributed by atoms with Gasteiger partial charge in [0.05, 0.1) is 12.1 Å². The fourth-order valence-electron chi connectivity index (χ4n) is 1.88. The van der Waals surface area contributed by atoms with Crippen molar-refractivity contribution in [3.8, 4) is 5.75 Å². The summed E-state index contributed by atoms with van der Waals surface area (Å²) in [5.74, 6) is 0.313. The van der Waals surface area contributed by atoms with Crippen LogP contribution in [0.15, 0.2) is 36.4 Å². The van der Waals surface area contributed by atoms with Gasteiger partial charge in [0, 0.05) is 23.7 Å². The summed E-state index contributed by atoms with van der Waals surface area (Å²) in [6.07, 6.45) is 0. The van der Waals surface area contributed by atoms with Gasteiger partial charge in [-0.25, -0.2) is 4.39 Å². The second-order valence-corrected chi connectivity index (χ2v) is 5.09. The van der Waals surface area contributed by atoms with E-state index in [2.05, 4.69) is 5.32 Å². The molecule has 2 aromatic rings. The van der Waals surface area contributed by atoms with Gasteiger partial charge in [0.25, 0.3) is 0 Å². The number of hydrogen-bond donors (Lipinski definition) is 1. The molecule has 0 unspecified atom stereocenters. The van der Waals surface area contributed by atoms with E-state index < -0.39 is 5.82 Å². The Morgan fingerprint density at radius 1 is 1.10 bits per heavy atom. The molecule has 0 fully saturated rings. The van der Waals surface area contributed by atoms with Crippen LogP contribution in [0, 0.1) is 5.82 Å². The van der Waals surface area contributed by atoms with Crippen LogP contribution in [-0.2, 0) is 13.1 Å². The molecule has 0 radical (unpaired) electrons. The summed E-state index contributed by atoms with van der Waals surface area (Å²) in [7, 11) is 1.60. The average Bonchev–Trinajstić information content (AvgIpc) is 2.44. The molecule has 5 heteroatoms. The first-order chi connectivity index (χ1) is 9.61. The number of ether oxygens (including phenoxy) is 1. The molecule has 0 aliphatic heterocycles. The number of benzene rings is 2. The van der Waals surface area contributed by atoms with Gasteiger partial charge in [-0.3, -0.25) is 0 Å². The van der Waals surface area contributed by atoms with Crippen LogP contribution in [-0.4, -0.2) is 7.11 Å². The summed E-state index contributed by atoms with van der Waals surface area (Å²) < 4.78 is 18.6. The number of methoxy groups -OCH3 is 1. The molecule has 2 rings (SSSR count). The fourth-order valence-corrected chi connectivity index (χ4v) is 2.23. The van der Waals surface area contributed by atoms with Crippen molar-refractivity contribution < 1.29 is 9.13 Å². The molecule has 0 atom stereocenters. The van der Waals surface area contributed by atoms with Crippen molar-refractivity contribution in [1.82, 2.24) is 5.32 Å². The highest BCUT2D eigenvalue weighted by Gasteiger charge is 2.07. The van der Waals surface area contributed by atoms with Crippen LogP contribution in [0.4, 0.5) is 4.39 Å². The van der Waals surface area contributed by atoms with Crippen LogP contribution in [0.5, 0.6) is 5.75 Å². The number of nitrogens with one attached hydrogen (secondary N) is 1. The van der Waals surface area contributed by atoms with Crippen LogP contribution >= 0.6 is 23.2 Å². The van der Waals surface area contributed by atoms with Crippen molar-refractivity contribution in [3.63, 3.8) is 0 Å². The smallest absolute Gasteiger partial charge is 0.142 e. The van der Waals surface area contributed by atoms with Gasteiger partial charge in [-0.1, -0.05) is 35.3 Å². The zero-order valence-electron chi connectivity index (χ0n) is 10.9. The Morgan fingerprint density at radius 3 is 2.60 bits per heavy atom. The third-order valence-electron chi connectivity index (χ3n) is 2.91. The van der Waals surface area contributed by atoms with E-state index in [4.69, 9.17) is 27.9 Å². The normalized spacial score (nSPS) is 10.6. The van der Waals surface area contributed by atoms with Gasteiger partial charge in [0.15, 0.2) is 0 Å². The molecule has 0 spiro atoms. The summed E-state index contributed by atoms with van der Waals surface area (Å²) in [6.45, 7) is 1.05. The van der Waals surface area contributed by atoms with Gasteiger partial charge < -0.3 is 10.1 Å². The van der Waals surface area contributed by atoms with E-state index >= 15 is 0 Å². The van der Waals surface area contributed by atoms with E-state index in [0.29, 0.717) is 18.1 Å². The first kappa shape index (κ1) is 15.1. The maximum Gasteiger partial charge on any atom is 0.142 e. The van der Waals surface area contributed by atoms with Gasteiger partial charge >= 0.3 is 0 Å². The van der Waals surface area contributed by atoms with Gasteiger partial charge in [-0.2, -0.15) is 0 Å². The van der Waals surface area contributed by atoms with Gasteiger partial charge in [0.2, 0.25) is 0 Å². The van der Waals surface area contributed by atoms with Crippen molar-refractivity contribution in [1.29, 1.82) is 0 Å². The Hall–Kier alpha value is -1.29. The molecular formula is C15H14Cl2FNO. The van der Waals surface area contributed by atoms with E-state index in [9.17, 15) is 4.39 Å². The van der Waals surface area contributed by atoms with Gasteiger partial charge in [0.1, 0.15) is 11.6 Å². The van der Waals surface area contributed by atoms with Crippen molar-refractivity contribution in [2.45, 2.75) is 13.1 Å². The quantitative estimate of drug-likeness (QED) is 0.881. The minimum atomic E-state index is -0.415. The highest BCUT2D eigenvalue weighted by molar-refractivity contribution is 6.31. The summed E-state index contributed by atoms with van der Waals surface area (Å²) in [6, 6.07) is 10.2. The monoisotopic (exact) mass is 313 g/mol. The van der Waals surface area contributed by atoms with E-state index in [1.807, 2.05) is 18.2 Å². The van der Waals surface area contributed by atoms with Crippen LogP contribution < -0.4 is 10.1 Å². The highest BCUT2D eigenvalue weighted by Crippen LogP contribution is 2.26. The van der Waals surface area contributed by atoms with Crippen LogP contribution in [0.3, 0.4) is 0 Å². The van der Waals surface area contributed by atoms with Crippen molar-refractivity contribution in [3.05, 3.63) is 63.4 Å². The summed E-state index contributed by atoms with van der Waals surface area (Å²) >= 11 is 11.8. The number of halogens is 3. The lowest BCUT2D eigenvalue weighted by Crippen LogP contribution is -2.14. The molecule has 0 bridgehead atoms. The highest BCUT2D eigenvalue weighted by atomic mass is 35.5. The molecule has 0 aromatic heterocycles. The Labute approximate surface area is 127 Å². The van der Waals surface area contributed by atoms with Gasteiger partial charge in [-0.15, -0.1) is 0 Å². The maximum absolute atomic E-state index is 13.3. The Bertz CT molecular complexity index is 604. The van der Waals surface area contributed by atoms with Crippen LogP contribution in [0.25, 0.3) is 0 Å². The first-order valence-electron chi connectivity index (χ1n) is 6.08. The van der Waals surface area contributed by atoms with Crippen LogP contribution in [0.2, 0.25) is 10.0 Å². The number of rotatable bonds is 5. The summed E-state index contributed by atoms with van der Waals surface area (Å²) in [4.78, 5) is 0. The van der Waals surface area contributed by atoms with Gasteiger partial charge in [-0.05, 0) is 29.8 Å². The molecule has 0 aliphatic rings. The number of hydrogen-bond acceptors (Lipinski definition) is 2. The minimum absolute atomic E-state index is 0.126.